The normalized spacial score (nSPS) is 10.8. The molecule has 0 unspecified atom stereocenters. The van der Waals surface area contributed by atoms with Gasteiger partial charge in [0.2, 0.25) is 0 Å². The Hall–Kier alpha value is -2.77. The predicted octanol–water partition coefficient (Wildman–Crippen LogP) is 7.34. The number of hydrogen-bond donors (Lipinski definition) is 2. The van der Waals surface area contributed by atoms with E-state index in [4.69, 9.17) is 9.47 Å². The Morgan fingerprint density at radius 3 is 1.54 bits per heavy atom. The van der Waals surface area contributed by atoms with E-state index in [1.54, 1.807) is 12.1 Å². The van der Waals surface area contributed by atoms with Crippen LogP contribution in [0.25, 0.3) is 0 Å². The Labute approximate surface area is 235 Å². The summed E-state index contributed by atoms with van der Waals surface area (Å²) < 4.78 is 12.1. The summed E-state index contributed by atoms with van der Waals surface area (Å²) in [5.41, 5.74) is 0.116. The minimum Gasteiger partial charge on any atom is -0.490 e. The SMILES string of the molecule is CCCCCCCCCCOc1cccc(C(=O)N(CC(=O)O)CC(=O)O)c1OCCCCCCCCCC. The lowest BCUT2D eigenvalue weighted by molar-refractivity contribution is -0.140. The number of carbonyl (C=O) groups is 3. The average molecular weight is 550 g/mol. The smallest absolute Gasteiger partial charge is 0.323 e. The highest BCUT2D eigenvalue weighted by atomic mass is 16.5. The summed E-state index contributed by atoms with van der Waals surface area (Å²) in [6.07, 6.45) is 18.6. The number of carboxylic acid groups (broad SMARTS) is 2. The molecule has 0 aliphatic rings. The maximum atomic E-state index is 13.2. The number of nitrogens with zero attached hydrogens (tertiary/aromatic N) is 1. The standard InChI is InChI=1S/C31H51NO7/c1-3-5-7-9-11-13-15-17-22-38-27-21-19-20-26(31(37)32(24-28(33)34)25-29(35)36)30(27)39-23-18-16-14-12-10-8-6-4-2/h19-21H,3-18,22-25H2,1-2H3,(H,33,34)(H,35,36). The number of carbonyl (C=O) groups excluding carboxylic acids is 1. The van der Waals surface area contributed by atoms with E-state index >= 15 is 0 Å². The molecule has 0 saturated heterocycles. The maximum Gasteiger partial charge on any atom is 0.323 e. The van der Waals surface area contributed by atoms with Crippen LogP contribution in [0.15, 0.2) is 18.2 Å². The number of unbranched alkanes of at least 4 members (excludes halogenated alkanes) is 14. The molecule has 0 aromatic heterocycles. The first kappa shape index (κ1) is 34.3. The molecule has 0 atom stereocenters. The van der Waals surface area contributed by atoms with Crippen LogP contribution in [0.5, 0.6) is 11.5 Å². The van der Waals surface area contributed by atoms with E-state index in [2.05, 4.69) is 13.8 Å². The van der Waals surface area contributed by atoms with Crippen molar-refractivity contribution in [1.82, 2.24) is 4.90 Å². The second kappa shape index (κ2) is 22.1. The van der Waals surface area contributed by atoms with Gasteiger partial charge >= 0.3 is 11.9 Å². The molecule has 222 valence electrons. The van der Waals surface area contributed by atoms with Gasteiger partial charge in [0, 0.05) is 0 Å². The van der Waals surface area contributed by atoms with Crippen molar-refractivity contribution in [3.8, 4) is 11.5 Å². The molecule has 2 N–H and O–H groups in total. The van der Waals surface area contributed by atoms with Crippen molar-refractivity contribution in [3.05, 3.63) is 23.8 Å². The van der Waals surface area contributed by atoms with Gasteiger partial charge in [0.05, 0.1) is 18.8 Å². The van der Waals surface area contributed by atoms with Gasteiger partial charge in [-0.1, -0.05) is 110 Å². The third-order valence-corrected chi connectivity index (χ3v) is 6.65. The topological polar surface area (TPSA) is 113 Å². The quantitative estimate of drug-likeness (QED) is 0.123. The van der Waals surface area contributed by atoms with E-state index in [0.29, 0.717) is 19.0 Å². The van der Waals surface area contributed by atoms with Crippen LogP contribution >= 0.6 is 0 Å². The summed E-state index contributed by atoms with van der Waals surface area (Å²) in [6.45, 7) is 3.86. The predicted molar refractivity (Wildman–Crippen MR) is 154 cm³/mol. The molecule has 0 spiro atoms. The van der Waals surface area contributed by atoms with Crippen molar-refractivity contribution in [2.45, 2.75) is 117 Å². The highest BCUT2D eigenvalue weighted by Gasteiger charge is 2.26. The van der Waals surface area contributed by atoms with Crippen molar-refractivity contribution >= 4 is 17.8 Å². The molecular formula is C31H51NO7. The number of benzene rings is 1. The minimum absolute atomic E-state index is 0.116. The van der Waals surface area contributed by atoms with Crippen molar-refractivity contribution in [2.75, 3.05) is 26.3 Å². The number of carboxylic acids is 2. The monoisotopic (exact) mass is 549 g/mol. The van der Waals surface area contributed by atoms with Crippen LogP contribution in [0.1, 0.15) is 127 Å². The molecule has 8 nitrogen and oxygen atoms in total. The molecule has 0 aliphatic carbocycles. The number of amides is 1. The van der Waals surface area contributed by atoms with Crippen LogP contribution in [0.3, 0.4) is 0 Å². The fraction of sp³-hybridized carbons (Fsp3) is 0.710. The van der Waals surface area contributed by atoms with Crippen molar-refractivity contribution < 1.29 is 34.1 Å². The van der Waals surface area contributed by atoms with Gasteiger partial charge in [-0.2, -0.15) is 0 Å². The first-order valence-electron chi connectivity index (χ1n) is 15.0. The van der Waals surface area contributed by atoms with Crippen LogP contribution in [0.4, 0.5) is 0 Å². The largest absolute Gasteiger partial charge is 0.490 e. The van der Waals surface area contributed by atoms with Crippen LogP contribution in [0.2, 0.25) is 0 Å². The molecule has 1 aromatic rings. The lowest BCUT2D eigenvalue weighted by Crippen LogP contribution is -2.39. The summed E-state index contributed by atoms with van der Waals surface area (Å²) in [5.74, 6) is -2.59. The first-order valence-corrected chi connectivity index (χ1v) is 15.0. The fourth-order valence-corrected chi connectivity index (χ4v) is 4.47. The Kier molecular flexibility index (Phi) is 19.4. The molecule has 0 aliphatic heterocycles. The molecule has 0 saturated carbocycles. The molecule has 0 fully saturated rings. The maximum absolute atomic E-state index is 13.2. The second-order valence-corrected chi connectivity index (χ2v) is 10.2. The molecular weight excluding hydrogens is 498 g/mol. The van der Waals surface area contributed by atoms with Crippen LogP contribution < -0.4 is 9.47 Å². The molecule has 39 heavy (non-hydrogen) atoms. The Bertz CT molecular complexity index is 811. The molecule has 0 heterocycles. The lowest BCUT2D eigenvalue weighted by atomic mass is 10.1. The van der Waals surface area contributed by atoms with Gasteiger partial charge in [-0.3, -0.25) is 14.4 Å². The summed E-state index contributed by atoms with van der Waals surface area (Å²) in [5, 5.41) is 18.4. The summed E-state index contributed by atoms with van der Waals surface area (Å²) in [7, 11) is 0. The van der Waals surface area contributed by atoms with E-state index in [-0.39, 0.29) is 11.3 Å². The Balaban J connectivity index is 2.81. The summed E-state index contributed by atoms with van der Waals surface area (Å²) >= 11 is 0. The van der Waals surface area contributed by atoms with E-state index in [1.165, 1.54) is 70.3 Å². The molecule has 8 heteroatoms. The third kappa shape index (κ3) is 16.1. The number of para-hydroxylation sites is 1. The summed E-state index contributed by atoms with van der Waals surface area (Å²) in [4.78, 5) is 36.6. The van der Waals surface area contributed by atoms with E-state index in [0.717, 1.165) is 43.4 Å². The van der Waals surface area contributed by atoms with Gasteiger partial charge < -0.3 is 24.6 Å². The Morgan fingerprint density at radius 2 is 1.08 bits per heavy atom. The van der Waals surface area contributed by atoms with Gasteiger partial charge in [-0.15, -0.1) is 0 Å². The van der Waals surface area contributed by atoms with Gasteiger partial charge in [0.15, 0.2) is 11.5 Å². The lowest BCUT2D eigenvalue weighted by Gasteiger charge is -2.22. The van der Waals surface area contributed by atoms with Gasteiger partial charge in [-0.05, 0) is 25.0 Å². The summed E-state index contributed by atoms with van der Waals surface area (Å²) in [6, 6.07) is 4.92. The molecule has 1 rings (SSSR count). The van der Waals surface area contributed by atoms with E-state index < -0.39 is 30.9 Å². The second-order valence-electron chi connectivity index (χ2n) is 10.2. The number of rotatable bonds is 25. The van der Waals surface area contributed by atoms with E-state index in [9.17, 15) is 24.6 Å². The first-order chi connectivity index (χ1) is 18.9. The van der Waals surface area contributed by atoms with Gasteiger partial charge in [0.1, 0.15) is 13.1 Å². The molecule has 1 aromatic carbocycles. The zero-order valence-corrected chi connectivity index (χ0v) is 24.3. The van der Waals surface area contributed by atoms with Crippen molar-refractivity contribution in [2.24, 2.45) is 0 Å². The molecule has 0 bridgehead atoms. The van der Waals surface area contributed by atoms with Crippen LogP contribution in [0, 0.1) is 0 Å². The van der Waals surface area contributed by atoms with Crippen molar-refractivity contribution in [3.63, 3.8) is 0 Å². The number of aliphatic carboxylic acids is 2. The number of ether oxygens (including phenoxy) is 2. The third-order valence-electron chi connectivity index (χ3n) is 6.65. The zero-order valence-electron chi connectivity index (χ0n) is 24.3. The highest BCUT2D eigenvalue weighted by molar-refractivity contribution is 6.00. The van der Waals surface area contributed by atoms with Gasteiger partial charge in [-0.25, -0.2) is 0 Å². The fourth-order valence-electron chi connectivity index (χ4n) is 4.47. The highest BCUT2D eigenvalue weighted by Crippen LogP contribution is 2.33. The van der Waals surface area contributed by atoms with Crippen LogP contribution in [-0.2, 0) is 9.59 Å². The average Bonchev–Trinajstić information content (AvgIpc) is 2.90. The van der Waals surface area contributed by atoms with Crippen LogP contribution in [-0.4, -0.2) is 59.3 Å². The number of hydrogen-bond acceptors (Lipinski definition) is 5. The van der Waals surface area contributed by atoms with Crippen molar-refractivity contribution in [1.29, 1.82) is 0 Å². The Morgan fingerprint density at radius 1 is 0.641 bits per heavy atom. The van der Waals surface area contributed by atoms with Gasteiger partial charge in [0.25, 0.3) is 5.91 Å². The van der Waals surface area contributed by atoms with E-state index in [1.807, 2.05) is 0 Å². The zero-order chi connectivity index (χ0) is 28.7. The minimum atomic E-state index is -1.28. The molecule has 1 amide bonds. The molecule has 0 radical (unpaired) electrons.